The van der Waals surface area contributed by atoms with E-state index in [-0.39, 0.29) is 5.60 Å². The number of rotatable bonds is 6. The number of fused-ring (bicyclic) bond motifs is 1. The zero-order chi connectivity index (χ0) is 18.1. The highest BCUT2D eigenvalue weighted by Gasteiger charge is 2.42. The molecular formula is C20H29NO4. The van der Waals surface area contributed by atoms with Crippen LogP contribution < -0.4 is 4.74 Å². The van der Waals surface area contributed by atoms with Crippen LogP contribution in [0.1, 0.15) is 44.2 Å². The summed E-state index contributed by atoms with van der Waals surface area (Å²) in [4.78, 5) is 14.2. The van der Waals surface area contributed by atoms with Crippen molar-refractivity contribution in [2.75, 3.05) is 26.8 Å². The molecule has 3 rings (SSSR count). The highest BCUT2D eigenvalue weighted by atomic mass is 16.5. The summed E-state index contributed by atoms with van der Waals surface area (Å²) < 4.78 is 11.3. The Hall–Kier alpha value is -1.59. The number of hydrogen-bond donors (Lipinski definition) is 1. The second-order valence-electron chi connectivity index (χ2n) is 8.09. The molecule has 138 valence electrons. The van der Waals surface area contributed by atoms with Gasteiger partial charge in [0.15, 0.2) is 0 Å². The number of ether oxygens (including phenoxy) is 2. The van der Waals surface area contributed by atoms with Crippen molar-refractivity contribution < 1.29 is 19.4 Å². The van der Waals surface area contributed by atoms with Gasteiger partial charge in [0.05, 0.1) is 5.41 Å². The summed E-state index contributed by atoms with van der Waals surface area (Å²) in [5.41, 5.74) is 1.55. The van der Waals surface area contributed by atoms with Crippen molar-refractivity contribution in [1.82, 2.24) is 4.90 Å². The number of aliphatic carboxylic acids is 1. The van der Waals surface area contributed by atoms with Gasteiger partial charge in [0.2, 0.25) is 0 Å². The average molecular weight is 347 g/mol. The van der Waals surface area contributed by atoms with Gasteiger partial charge < -0.3 is 14.6 Å². The molecule has 2 heterocycles. The van der Waals surface area contributed by atoms with E-state index >= 15 is 0 Å². The Bertz CT molecular complexity index is 643. The number of carboxylic acid groups (broad SMARTS) is 1. The minimum atomic E-state index is -0.704. The molecule has 1 aromatic rings. The maximum absolute atomic E-state index is 11.9. The van der Waals surface area contributed by atoms with Crippen LogP contribution in [0.25, 0.3) is 0 Å². The molecule has 1 fully saturated rings. The van der Waals surface area contributed by atoms with Crippen molar-refractivity contribution in [3.63, 3.8) is 0 Å². The highest BCUT2D eigenvalue weighted by molar-refractivity contribution is 5.75. The van der Waals surface area contributed by atoms with Crippen LogP contribution in [-0.4, -0.2) is 48.4 Å². The molecule has 1 saturated heterocycles. The maximum atomic E-state index is 11.9. The second-order valence-corrected chi connectivity index (χ2v) is 8.09. The predicted octanol–water partition coefficient (Wildman–Crippen LogP) is 3.10. The number of benzene rings is 1. The lowest BCUT2D eigenvalue weighted by Crippen LogP contribution is -2.48. The largest absolute Gasteiger partial charge is 0.487 e. The van der Waals surface area contributed by atoms with Gasteiger partial charge in [-0.05, 0) is 45.2 Å². The summed E-state index contributed by atoms with van der Waals surface area (Å²) in [5.74, 6) is 0.292. The monoisotopic (exact) mass is 347 g/mol. The van der Waals surface area contributed by atoms with Crippen molar-refractivity contribution in [3.8, 4) is 5.75 Å². The summed E-state index contributed by atoms with van der Waals surface area (Å²) in [6.45, 7) is 6.93. The second kappa shape index (κ2) is 6.96. The fraction of sp³-hybridized carbons (Fsp3) is 0.650. The van der Waals surface area contributed by atoms with Crippen LogP contribution in [0, 0.1) is 5.41 Å². The van der Waals surface area contributed by atoms with Crippen LogP contribution >= 0.6 is 0 Å². The molecule has 0 spiro atoms. The van der Waals surface area contributed by atoms with E-state index in [0.717, 1.165) is 43.7 Å². The first kappa shape index (κ1) is 18.2. The van der Waals surface area contributed by atoms with Gasteiger partial charge >= 0.3 is 5.97 Å². The highest BCUT2D eigenvalue weighted by Crippen LogP contribution is 2.40. The fourth-order valence-corrected chi connectivity index (χ4v) is 4.19. The summed E-state index contributed by atoms with van der Waals surface area (Å²) in [7, 11) is 1.63. The van der Waals surface area contributed by atoms with Crippen LogP contribution in [0.4, 0.5) is 0 Å². The minimum absolute atomic E-state index is 0.163. The zero-order valence-corrected chi connectivity index (χ0v) is 15.5. The summed E-state index contributed by atoms with van der Waals surface area (Å²) >= 11 is 0. The number of nitrogens with zero attached hydrogens (tertiary/aromatic N) is 1. The quantitative estimate of drug-likeness (QED) is 0.857. The molecule has 1 atom stereocenters. The zero-order valence-electron chi connectivity index (χ0n) is 15.5. The maximum Gasteiger partial charge on any atom is 0.311 e. The Morgan fingerprint density at radius 1 is 1.40 bits per heavy atom. The molecule has 0 amide bonds. The van der Waals surface area contributed by atoms with Gasteiger partial charge in [-0.15, -0.1) is 0 Å². The molecule has 2 aliphatic heterocycles. The topological polar surface area (TPSA) is 59.0 Å². The lowest BCUT2D eigenvalue weighted by molar-refractivity contribution is -0.154. The molecule has 5 heteroatoms. The number of hydrogen-bond acceptors (Lipinski definition) is 4. The Balaban J connectivity index is 1.76. The molecule has 0 radical (unpaired) electrons. The van der Waals surface area contributed by atoms with Gasteiger partial charge in [-0.25, -0.2) is 0 Å². The van der Waals surface area contributed by atoms with Crippen LogP contribution in [0.5, 0.6) is 5.75 Å². The average Bonchev–Trinajstić information content (AvgIpc) is 2.88. The number of methoxy groups -OCH3 is 1. The van der Waals surface area contributed by atoms with E-state index in [0.29, 0.717) is 19.6 Å². The molecule has 5 nitrogen and oxygen atoms in total. The van der Waals surface area contributed by atoms with Gasteiger partial charge in [-0.3, -0.25) is 9.69 Å². The van der Waals surface area contributed by atoms with Gasteiger partial charge in [-0.1, -0.05) is 18.2 Å². The third kappa shape index (κ3) is 3.82. The molecule has 0 aromatic heterocycles. The first-order valence-electron chi connectivity index (χ1n) is 9.10. The molecule has 1 aromatic carbocycles. The Morgan fingerprint density at radius 2 is 2.20 bits per heavy atom. The van der Waals surface area contributed by atoms with Gasteiger partial charge in [0.25, 0.3) is 0 Å². The van der Waals surface area contributed by atoms with E-state index < -0.39 is 11.4 Å². The van der Waals surface area contributed by atoms with E-state index in [4.69, 9.17) is 9.47 Å². The number of carboxylic acids is 1. The van der Waals surface area contributed by atoms with Gasteiger partial charge in [-0.2, -0.15) is 0 Å². The van der Waals surface area contributed by atoms with Crippen LogP contribution in [0.15, 0.2) is 18.2 Å². The number of para-hydroxylation sites is 1. The molecule has 2 aliphatic rings. The lowest BCUT2D eigenvalue weighted by atomic mass is 9.77. The van der Waals surface area contributed by atoms with Crippen LogP contribution in [-0.2, 0) is 22.5 Å². The molecule has 0 unspecified atom stereocenters. The number of piperidine rings is 1. The van der Waals surface area contributed by atoms with E-state index in [1.54, 1.807) is 7.11 Å². The fourth-order valence-electron chi connectivity index (χ4n) is 4.19. The molecule has 1 N–H and O–H groups in total. The van der Waals surface area contributed by atoms with Gasteiger partial charge in [0, 0.05) is 38.8 Å². The van der Waals surface area contributed by atoms with E-state index in [2.05, 4.69) is 36.9 Å². The summed E-state index contributed by atoms with van der Waals surface area (Å²) in [5, 5.41) is 9.82. The first-order valence-corrected chi connectivity index (χ1v) is 9.10. The Morgan fingerprint density at radius 3 is 2.92 bits per heavy atom. The standard InChI is InChI=1S/C20H29NO4/c1-19(2)12-15-6-4-7-16(17(15)25-19)13-21-10-5-8-20(14-21,18(22)23)9-11-24-3/h4,6-7H,5,8-14H2,1-3H3,(H,22,23)/t20-/m1/s1. The normalized spacial score (nSPS) is 25.4. The Labute approximate surface area is 149 Å². The third-order valence-corrected chi connectivity index (χ3v) is 5.46. The van der Waals surface area contributed by atoms with Crippen molar-refractivity contribution in [2.45, 2.75) is 51.7 Å². The molecule has 0 saturated carbocycles. The van der Waals surface area contributed by atoms with Crippen molar-refractivity contribution in [3.05, 3.63) is 29.3 Å². The lowest BCUT2D eigenvalue weighted by Gasteiger charge is -2.40. The molecule has 0 aliphatic carbocycles. The van der Waals surface area contributed by atoms with E-state index in [1.165, 1.54) is 5.56 Å². The predicted molar refractivity (Wildman–Crippen MR) is 95.9 cm³/mol. The SMILES string of the molecule is COCC[C@]1(C(=O)O)CCCN(Cc2cccc3c2OC(C)(C)C3)C1. The third-order valence-electron chi connectivity index (χ3n) is 5.46. The van der Waals surface area contributed by atoms with Crippen LogP contribution in [0.3, 0.4) is 0 Å². The smallest absolute Gasteiger partial charge is 0.311 e. The summed E-state index contributed by atoms with van der Waals surface area (Å²) in [6.07, 6.45) is 3.10. The van der Waals surface area contributed by atoms with Crippen molar-refractivity contribution in [1.29, 1.82) is 0 Å². The van der Waals surface area contributed by atoms with Crippen molar-refractivity contribution >= 4 is 5.97 Å². The number of likely N-dealkylation sites (tertiary alicyclic amines) is 1. The first-order chi connectivity index (χ1) is 11.9. The van der Waals surface area contributed by atoms with E-state index in [9.17, 15) is 9.90 Å². The van der Waals surface area contributed by atoms with Gasteiger partial charge in [0.1, 0.15) is 11.4 Å². The molecular weight excluding hydrogens is 318 g/mol. The molecule has 0 bridgehead atoms. The van der Waals surface area contributed by atoms with Crippen LogP contribution in [0.2, 0.25) is 0 Å². The van der Waals surface area contributed by atoms with Crippen molar-refractivity contribution in [2.24, 2.45) is 5.41 Å². The Kier molecular flexibility index (Phi) is 5.07. The summed E-state index contributed by atoms with van der Waals surface area (Å²) in [6, 6.07) is 6.31. The number of carbonyl (C=O) groups is 1. The van der Waals surface area contributed by atoms with E-state index in [1.807, 2.05) is 0 Å². The minimum Gasteiger partial charge on any atom is -0.487 e. The molecule has 25 heavy (non-hydrogen) atoms.